The van der Waals surface area contributed by atoms with Crippen LogP contribution in [0.1, 0.15) is 11.1 Å². The smallest absolute Gasteiger partial charge is 0.327 e. The molecule has 0 radical (unpaired) electrons. The van der Waals surface area contributed by atoms with Gasteiger partial charge in [-0.25, -0.2) is 4.79 Å². The van der Waals surface area contributed by atoms with E-state index in [4.69, 9.17) is 12.2 Å². The van der Waals surface area contributed by atoms with E-state index in [1.807, 2.05) is 73.6 Å². The second-order valence-electron chi connectivity index (χ2n) is 6.58. The molecular formula is C21H20N2O3S2. The summed E-state index contributed by atoms with van der Waals surface area (Å²) in [5, 5.41) is 9.70. The van der Waals surface area contributed by atoms with Gasteiger partial charge >= 0.3 is 5.97 Å². The monoisotopic (exact) mass is 412 g/mol. The van der Waals surface area contributed by atoms with Gasteiger partial charge in [-0.1, -0.05) is 66.4 Å². The largest absolute Gasteiger partial charge is 0.480 e. The number of aliphatic carboxylic acids is 1. The number of carboxylic acids is 1. The highest BCUT2D eigenvalue weighted by Crippen LogP contribution is 2.35. The molecule has 1 heterocycles. The number of hydrogen-bond acceptors (Lipinski definition) is 5. The van der Waals surface area contributed by atoms with Gasteiger partial charge in [0.15, 0.2) is 0 Å². The second kappa shape index (κ2) is 8.58. The van der Waals surface area contributed by atoms with E-state index < -0.39 is 12.0 Å². The molecule has 0 saturated carbocycles. The van der Waals surface area contributed by atoms with Gasteiger partial charge in [-0.2, -0.15) is 0 Å². The van der Waals surface area contributed by atoms with Crippen LogP contribution in [0.5, 0.6) is 0 Å². The van der Waals surface area contributed by atoms with Gasteiger partial charge in [0.05, 0.1) is 4.91 Å². The minimum Gasteiger partial charge on any atom is -0.480 e. The van der Waals surface area contributed by atoms with E-state index in [0.717, 1.165) is 28.6 Å². The second-order valence-corrected chi connectivity index (χ2v) is 8.26. The molecule has 0 aliphatic carbocycles. The lowest BCUT2D eigenvalue weighted by molar-refractivity contribution is -0.145. The van der Waals surface area contributed by atoms with Crippen LogP contribution in [-0.4, -0.2) is 46.3 Å². The third-order valence-corrected chi connectivity index (χ3v) is 5.73. The fourth-order valence-electron chi connectivity index (χ4n) is 2.89. The highest BCUT2D eigenvalue weighted by atomic mass is 32.2. The van der Waals surface area contributed by atoms with Gasteiger partial charge in [0.25, 0.3) is 5.91 Å². The van der Waals surface area contributed by atoms with Crippen molar-refractivity contribution in [2.24, 2.45) is 0 Å². The molecule has 3 rings (SSSR count). The Labute approximate surface area is 173 Å². The van der Waals surface area contributed by atoms with E-state index in [2.05, 4.69) is 0 Å². The molecule has 0 aromatic heterocycles. The summed E-state index contributed by atoms with van der Waals surface area (Å²) in [7, 11) is 3.91. The maximum absolute atomic E-state index is 12.9. The molecule has 0 bridgehead atoms. The van der Waals surface area contributed by atoms with Gasteiger partial charge in [0, 0.05) is 26.2 Å². The minimum atomic E-state index is -1.07. The summed E-state index contributed by atoms with van der Waals surface area (Å²) >= 11 is 6.47. The fraction of sp³-hybridized carbons (Fsp3) is 0.190. The summed E-state index contributed by atoms with van der Waals surface area (Å²) in [4.78, 5) is 28.4. The van der Waals surface area contributed by atoms with Crippen molar-refractivity contribution in [3.8, 4) is 0 Å². The number of carboxylic acid groups (broad SMARTS) is 1. The number of anilines is 1. The zero-order valence-electron chi connectivity index (χ0n) is 15.5. The quantitative estimate of drug-likeness (QED) is 0.577. The van der Waals surface area contributed by atoms with Crippen LogP contribution in [0.25, 0.3) is 6.08 Å². The van der Waals surface area contributed by atoms with Crippen molar-refractivity contribution in [2.75, 3.05) is 19.0 Å². The highest BCUT2D eigenvalue weighted by molar-refractivity contribution is 8.26. The fourth-order valence-corrected chi connectivity index (χ4v) is 4.25. The standard InChI is InChI=1S/C21H20N2O3S2/c1-22(2)16-10-8-15(9-11-16)13-18-19(24)23(21(27)28-18)17(20(25)26)12-14-6-4-3-5-7-14/h3-11,13,17H,12H2,1-2H3,(H,25,26). The van der Waals surface area contributed by atoms with Crippen molar-refractivity contribution >= 4 is 51.9 Å². The number of thioether (sulfide) groups is 1. The number of rotatable bonds is 6. The number of amides is 1. The van der Waals surface area contributed by atoms with Crippen LogP contribution >= 0.6 is 24.0 Å². The topological polar surface area (TPSA) is 60.9 Å². The molecule has 1 N–H and O–H groups in total. The van der Waals surface area contributed by atoms with Gasteiger partial charge in [-0.3, -0.25) is 9.69 Å². The Balaban J connectivity index is 1.84. The van der Waals surface area contributed by atoms with Crippen molar-refractivity contribution in [2.45, 2.75) is 12.5 Å². The molecule has 144 valence electrons. The van der Waals surface area contributed by atoms with Crippen LogP contribution in [0.2, 0.25) is 0 Å². The molecule has 1 atom stereocenters. The van der Waals surface area contributed by atoms with Crippen molar-refractivity contribution in [1.82, 2.24) is 4.90 Å². The molecule has 1 aliphatic heterocycles. The van der Waals surface area contributed by atoms with Gasteiger partial charge < -0.3 is 10.0 Å². The molecule has 0 spiro atoms. The van der Waals surface area contributed by atoms with Crippen molar-refractivity contribution in [1.29, 1.82) is 0 Å². The first-order chi connectivity index (χ1) is 13.4. The first kappa shape index (κ1) is 20.1. The molecule has 2 aromatic rings. The Morgan fingerprint density at radius 2 is 1.82 bits per heavy atom. The number of carbonyl (C=O) groups is 2. The van der Waals surface area contributed by atoms with E-state index in [1.165, 1.54) is 4.90 Å². The summed E-state index contributed by atoms with van der Waals surface area (Å²) in [5.74, 6) is -1.44. The predicted octanol–water partition coefficient (Wildman–Crippen LogP) is 3.65. The summed E-state index contributed by atoms with van der Waals surface area (Å²) in [5.41, 5.74) is 2.76. The molecule has 7 heteroatoms. The van der Waals surface area contributed by atoms with Gasteiger partial charge in [-0.05, 0) is 29.3 Å². The normalized spacial score (nSPS) is 16.5. The Hall–Kier alpha value is -2.64. The summed E-state index contributed by atoms with van der Waals surface area (Å²) in [6, 6.07) is 16.0. The summed E-state index contributed by atoms with van der Waals surface area (Å²) in [6.45, 7) is 0. The maximum atomic E-state index is 12.9. The van der Waals surface area contributed by atoms with E-state index in [-0.39, 0.29) is 16.6 Å². The number of thiocarbonyl (C=S) groups is 1. The van der Waals surface area contributed by atoms with Gasteiger partial charge in [-0.15, -0.1) is 0 Å². The van der Waals surface area contributed by atoms with E-state index in [0.29, 0.717) is 4.91 Å². The summed E-state index contributed by atoms with van der Waals surface area (Å²) in [6.07, 6.45) is 1.95. The molecule has 1 unspecified atom stereocenters. The maximum Gasteiger partial charge on any atom is 0.327 e. The molecule has 5 nitrogen and oxygen atoms in total. The minimum absolute atomic E-state index is 0.202. The molecular weight excluding hydrogens is 392 g/mol. The van der Waals surface area contributed by atoms with Crippen molar-refractivity contribution < 1.29 is 14.7 Å². The zero-order valence-corrected chi connectivity index (χ0v) is 17.2. The predicted molar refractivity (Wildman–Crippen MR) is 117 cm³/mol. The Kier molecular flexibility index (Phi) is 6.16. The lowest BCUT2D eigenvalue weighted by Gasteiger charge is -2.23. The number of carbonyl (C=O) groups excluding carboxylic acids is 1. The first-order valence-electron chi connectivity index (χ1n) is 8.68. The van der Waals surface area contributed by atoms with Crippen LogP contribution < -0.4 is 4.90 Å². The average molecular weight is 413 g/mol. The molecule has 1 saturated heterocycles. The van der Waals surface area contributed by atoms with Crippen molar-refractivity contribution in [3.63, 3.8) is 0 Å². The summed E-state index contributed by atoms with van der Waals surface area (Å²) < 4.78 is 0.268. The van der Waals surface area contributed by atoms with Crippen LogP contribution in [0.4, 0.5) is 5.69 Å². The van der Waals surface area contributed by atoms with E-state index in [9.17, 15) is 14.7 Å². The average Bonchev–Trinajstić information content (AvgIpc) is 2.94. The first-order valence-corrected chi connectivity index (χ1v) is 9.90. The highest BCUT2D eigenvalue weighted by Gasteiger charge is 2.40. The Bertz CT molecular complexity index is 924. The SMILES string of the molecule is CN(C)c1ccc(C=C2SC(=S)N(C(Cc3ccccc3)C(=O)O)C2=O)cc1. The third-order valence-electron chi connectivity index (χ3n) is 4.40. The lowest BCUT2D eigenvalue weighted by atomic mass is 10.0. The van der Waals surface area contributed by atoms with Crippen LogP contribution in [0.3, 0.4) is 0 Å². The number of nitrogens with zero attached hydrogens (tertiary/aromatic N) is 2. The molecule has 28 heavy (non-hydrogen) atoms. The Morgan fingerprint density at radius 1 is 1.18 bits per heavy atom. The number of benzene rings is 2. The van der Waals surface area contributed by atoms with Gasteiger partial charge in [0.1, 0.15) is 10.4 Å². The molecule has 2 aromatic carbocycles. The third kappa shape index (κ3) is 4.43. The molecule has 1 aliphatic rings. The Morgan fingerprint density at radius 3 is 2.39 bits per heavy atom. The lowest BCUT2D eigenvalue weighted by Crippen LogP contribution is -2.45. The van der Waals surface area contributed by atoms with E-state index >= 15 is 0 Å². The molecule has 1 amide bonds. The zero-order chi connectivity index (χ0) is 20.3. The number of hydrogen-bond donors (Lipinski definition) is 1. The van der Waals surface area contributed by atoms with E-state index in [1.54, 1.807) is 6.08 Å². The van der Waals surface area contributed by atoms with Crippen molar-refractivity contribution in [3.05, 3.63) is 70.6 Å². The van der Waals surface area contributed by atoms with Crippen LogP contribution in [0, 0.1) is 0 Å². The van der Waals surface area contributed by atoms with Gasteiger partial charge in [0.2, 0.25) is 0 Å². The van der Waals surface area contributed by atoms with Crippen LogP contribution in [-0.2, 0) is 16.0 Å². The molecule has 1 fully saturated rings. The van der Waals surface area contributed by atoms with Crippen LogP contribution in [0.15, 0.2) is 59.5 Å².